The Labute approximate surface area is 149 Å². The van der Waals surface area contributed by atoms with Gasteiger partial charge in [0.2, 0.25) is 5.91 Å². The molecule has 0 fully saturated rings. The van der Waals surface area contributed by atoms with E-state index in [1.54, 1.807) is 30.3 Å². The zero-order valence-corrected chi connectivity index (χ0v) is 14.4. The highest BCUT2D eigenvalue weighted by Gasteiger charge is 2.20. The second kappa shape index (κ2) is 7.04. The second-order valence-corrected chi connectivity index (χ2v) is 7.55. The van der Waals surface area contributed by atoms with Gasteiger partial charge in [-0.25, -0.2) is 18.1 Å². The fraction of sp³-hybridized carbons (Fsp3) is 0.0625. The van der Waals surface area contributed by atoms with Crippen molar-refractivity contribution in [1.82, 2.24) is 14.8 Å². The van der Waals surface area contributed by atoms with Crippen molar-refractivity contribution < 1.29 is 13.2 Å². The summed E-state index contributed by atoms with van der Waals surface area (Å²) in [6.45, 7) is 0. The van der Waals surface area contributed by atoms with Crippen molar-refractivity contribution in [1.29, 1.82) is 0 Å². The van der Waals surface area contributed by atoms with Crippen LogP contribution in [0.1, 0.15) is 0 Å². The van der Waals surface area contributed by atoms with Crippen LogP contribution in [0.15, 0.2) is 66.1 Å². The Balaban J connectivity index is 1.83. The quantitative estimate of drug-likeness (QED) is 0.737. The van der Waals surface area contributed by atoms with E-state index in [4.69, 9.17) is 11.6 Å². The third kappa shape index (κ3) is 4.04. The highest BCUT2D eigenvalue weighted by Crippen LogP contribution is 2.24. The number of hydrogen-bond donors (Lipinski definition) is 1. The molecule has 0 aliphatic rings. The summed E-state index contributed by atoms with van der Waals surface area (Å²) < 4.78 is 26.0. The van der Waals surface area contributed by atoms with E-state index >= 15 is 0 Å². The summed E-state index contributed by atoms with van der Waals surface area (Å²) in [5.41, 5.74) is 0.860. The molecule has 0 spiro atoms. The summed E-state index contributed by atoms with van der Waals surface area (Å²) in [7, 11) is -3.74. The largest absolute Gasteiger partial charge is 0.323 e. The van der Waals surface area contributed by atoms with Crippen LogP contribution in [-0.2, 0) is 14.6 Å². The van der Waals surface area contributed by atoms with Crippen molar-refractivity contribution >= 4 is 33.0 Å². The number of nitrogens with one attached hydrogen (secondary N) is 1. The van der Waals surface area contributed by atoms with E-state index in [0.29, 0.717) is 16.4 Å². The molecule has 1 aromatic heterocycles. The Morgan fingerprint density at radius 1 is 1.16 bits per heavy atom. The van der Waals surface area contributed by atoms with Gasteiger partial charge in [0.15, 0.2) is 9.84 Å². The first-order chi connectivity index (χ1) is 12.0. The fourth-order valence-electron chi connectivity index (χ4n) is 2.21. The van der Waals surface area contributed by atoms with Crippen molar-refractivity contribution in [3.63, 3.8) is 0 Å². The summed E-state index contributed by atoms with van der Waals surface area (Å²) >= 11 is 5.98. The molecule has 7 nitrogen and oxygen atoms in total. The van der Waals surface area contributed by atoms with Gasteiger partial charge in [0, 0.05) is 5.02 Å². The summed E-state index contributed by atoms with van der Waals surface area (Å²) in [5.74, 6) is -1.35. The van der Waals surface area contributed by atoms with Crippen LogP contribution in [0, 0.1) is 0 Å². The van der Waals surface area contributed by atoms with E-state index in [1.807, 2.05) is 0 Å². The van der Waals surface area contributed by atoms with Crippen LogP contribution < -0.4 is 5.32 Å². The van der Waals surface area contributed by atoms with Gasteiger partial charge in [-0.2, -0.15) is 5.10 Å². The minimum Gasteiger partial charge on any atom is -0.323 e. The fourth-order valence-corrected chi connectivity index (χ4v) is 3.54. The van der Waals surface area contributed by atoms with Crippen LogP contribution in [0.25, 0.3) is 5.69 Å². The summed E-state index contributed by atoms with van der Waals surface area (Å²) in [6, 6.07) is 12.6. The standard InChI is InChI=1S/C16H13ClN4O3S/c17-12-6-7-15(21-11-18-10-19-21)14(8-12)20-16(22)9-25(23,24)13-4-2-1-3-5-13/h1-8,10-11H,9H2,(H,20,22). The minimum absolute atomic E-state index is 0.0905. The lowest BCUT2D eigenvalue weighted by atomic mass is 10.2. The first kappa shape index (κ1) is 17.1. The molecule has 25 heavy (non-hydrogen) atoms. The van der Waals surface area contributed by atoms with Crippen LogP contribution >= 0.6 is 11.6 Å². The summed E-state index contributed by atoms with van der Waals surface area (Å²) in [4.78, 5) is 16.2. The average Bonchev–Trinajstić information content (AvgIpc) is 3.09. The minimum atomic E-state index is -3.74. The molecule has 1 amide bonds. The maximum absolute atomic E-state index is 12.3. The second-order valence-electron chi connectivity index (χ2n) is 5.12. The van der Waals surface area contributed by atoms with E-state index in [-0.39, 0.29) is 4.90 Å². The normalized spacial score (nSPS) is 11.2. The third-order valence-electron chi connectivity index (χ3n) is 3.32. The van der Waals surface area contributed by atoms with Crippen molar-refractivity contribution in [2.45, 2.75) is 4.90 Å². The topological polar surface area (TPSA) is 94.0 Å². The molecule has 1 N–H and O–H groups in total. The summed E-state index contributed by atoms with van der Waals surface area (Å²) in [5, 5.41) is 6.97. The number of carbonyl (C=O) groups is 1. The molecule has 0 unspecified atom stereocenters. The van der Waals surface area contributed by atoms with Gasteiger partial charge in [-0.1, -0.05) is 29.8 Å². The number of nitrogens with zero attached hydrogens (tertiary/aromatic N) is 3. The summed E-state index contributed by atoms with van der Waals surface area (Å²) in [6.07, 6.45) is 2.81. The van der Waals surface area contributed by atoms with E-state index in [1.165, 1.54) is 35.5 Å². The van der Waals surface area contributed by atoms with Gasteiger partial charge in [-0.05, 0) is 30.3 Å². The smallest absolute Gasteiger partial charge is 0.240 e. The van der Waals surface area contributed by atoms with E-state index < -0.39 is 21.5 Å². The van der Waals surface area contributed by atoms with Crippen molar-refractivity contribution in [2.24, 2.45) is 0 Å². The number of hydrogen-bond acceptors (Lipinski definition) is 5. The molecule has 0 aliphatic carbocycles. The van der Waals surface area contributed by atoms with Crippen molar-refractivity contribution in [2.75, 3.05) is 11.1 Å². The lowest BCUT2D eigenvalue weighted by molar-refractivity contribution is -0.113. The monoisotopic (exact) mass is 376 g/mol. The number of rotatable bonds is 5. The predicted molar refractivity (Wildman–Crippen MR) is 93.5 cm³/mol. The maximum Gasteiger partial charge on any atom is 0.240 e. The molecular formula is C16H13ClN4O3S. The molecule has 3 rings (SSSR count). The highest BCUT2D eigenvalue weighted by atomic mass is 35.5. The van der Waals surface area contributed by atoms with Gasteiger partial charge >= 0.3 is 0 Å². The van der Waals surface area contributed by atoms with Crippen LogP contribution in [0.2, 0.25) is 5.02 Å². The molecule has 0 saturated carbocycles. The van der Waals surface area contributed by atoms with Gasteiger partial charge in [0.05, 0.1) is 16.3 Å². The number of benzene rings is 2. The van der Waals surface area contributed by atoms with Crippen LogP contribution in [0.3, 0.4) is 0 Å². The van der Waals surface area contributed by atoms with Gasteiger partial charge in [-0.15, -0.1) is 0 Å². The Morgan fingerprint density at radius 3 is 2.60 bits per heavy atom. The number of anilines is 1. The van der Waals surface area contributed by atoms with E-state index in [0.717, 1.165) is 0 Å². The maximum atomic E-state index is 12.3. The number of amides is 1. The van der Waals surface area contributed by atoms with Gasteiger partial charge in [0.1, 0.15) is 18.4 Å². The molecule has 9 heteroatoms. The molecule has 128 valence electrons. The SMILES string of the molecule is O=C(CS(=O)(=O)c1ccccc1)Nc1cc(Cl)ccc1-n1cncn1. The zero-order valence-electron chi connectivity index (χ0n) is 12.8. The number of carbonyl (C=O) groups excluding carboxylic acids is 1. The molecular weight excluding hydrogens is 364 g/mol. The Bertz CT molecular complexity index is 989. The van der Waals surface area contributed by atoms with Gasteiger partial charge < -0.3 is 5.32 Å². The Kier molecular flexibility index (Phi) is 4.82. The van der Waals surface area contributed by atoms with E-state index in [9.17, 15) is 13.2 Å². The van der Waals surface area contributed by atoms with Crippen molar-refractivity contribution in [3.05, 3.63) is 66.2 Å². The molecule has 3 aromatic rings. The first-order valence-corrected chi connectivity index (χ1v) is 9.21. The predicted octanol–water partition coefficient (Wildman–Crippen LogP) is 2.33. The number of aromatic nitrogens is 3. The molecule has 0 saturated heterocycles. The van der Waals surface area contributed by atoms with Crippen LogP contribution in [0.5, 0.6) is 0 Å². The Morgan fingerprint density at radius 2 is 1.92 bits per heavy atom. The van der Waals surface area contributed by atoms with Crippen LogP contribution in [0.4, 0.5) is 5.69 Å². The average molecular weight is 377 g/mol. The number of halogens is 1. The van der Waals surface area contributed by atoms with E-state index in [2.05, 4.69) is 15.4 Å². The molecule has 2 aromatic carbocycles. The molecule has 0 atom stereocenters. The molecule has 1 heterocycles. The molecule has 0 bridgehead atoms. The van der Waals surface area contributed by atoms with Crippen molar-refractivity contribution in [3.8, 4) is 5.69 Å². The first-order valence-electron chi connectivity index (χ1n) is 7.18. The molecule has 0 radical (unpaired) electrons. The third-order valence-corrected chi connectivity index (χ3v) is 5.19. The van der Waals surface area contributed by atoms with Gasteiger partial charge in [0.25, 0.3) is 0 Å². The lowest BCUT2D eigenvalue weighted by Gasteiger charge is -2.11. The zero-order chi connectivity index (χ0) is 17.9. The van der Waals surface area contributed by atoms with Gasteiger partial charge in [-0.3, -0.25) is 4.79 Å². The number of sulfone groups is 1. The molecule has 0 aliphatic heterocycles. The highest BCUT2D eigenvalue weighted by molar-refractivity contribution is 7.92. The van der Waals surface area contributed by atoms with Crippen LogP contribution in [-0.4, -0.2) is 34.8 Å². The lowest BCUT2D eigenvalue weighted by Crippen LogP contribution is -2.23. The Hall–Kier alpha value is -2.71.